The molecule has 0 radical (unpaired) electrons. The Morgan fingerprint density at radius 3 is 0.900 bits per heavy atom. The van der Waals surface area contributed by atoms with Crippen LogP contribution in [0.1, 0.15) is 52.6 Å². The molecule has 0 saturated heterocycles. The van der Waals surface area contributed by atoms with Gasteiger partial charge in [-0.15, -0.1) is 0 Å². The van der Waals surface area contributed by atoms with Crippen LogP contribution < -0.4 is 9.47 Å². The van der Waals surface area contributed by atoms with Gasteiger partial charge in [0.05, 0.1) is 0 Å². The number of benzene rings is 6. The van der Waals surface area contributed by atoms with E-state index in [0.717, 1.165) is 20.1 Å². The molecular weight excluding hydrogens is 760 g/mol. The van der Waals surface area contributed by atoms with Gasteiger partial charge in [-0.25, -0.2) is 0 Å². The molecule has 0 aliphatic heterocycles. The van der Waals surface area contributed by atoms with Crippen molar-refractivity contribution >= 4 is 55.0 Å². The standard InChI is InChI=1S/C42H28Br2O6/c43-33-13-1-27(2-14-33)25-39(45)29-5-17-35(18-6-29)49-37-21-9-31(10-22-37)41(47)42(48)32-11-23-38(24-12-32)50-36-19-7-30(8-20-36)40(46)26-28-3-15-34(44)16-4-28/h1-24H,25-26H2. The van der Waals surface area contributed by atoms with Crippen LogP contribution in [0.25, 0.3) is 0 Å². The van der Waals surface area contributed by atoms with E-state index in [1.807, 2.05) is 48.5 Å². The van der Waals surface area contributed by atoms with E-state index in [9.17, 15) is 19.2 Å². The van der Waals surface area contributed by atoms with Gasteiger partial charge in [-0.1, -0.05) is 56.1 Å². The molecule has 246 valence electrons. The van der Waals surface area contributed by atoms with Gasteiger partial charge >= 0.3 is 0 Å². The minimum Gasteiger partial charge on any atom is -0.457 e. The Bertz CT molecular complexity index is 1980. The fraction of sp³-hybridized carbons (Fsp3) is 0.0476. The summed E-state index contributed by atoms with van der Waals surface area (Å²) in [6, 6.07) is 41.6. The molecule has 0 unspecified atom stereocenters. The molecule has 0 heterocycles. The topological polar surface area (TPSA) is 86.7 Å². The summed E-state index contributed by atoms with van der Waals surface area (Å²) in [5.74, 6) is 0.720. The van der Waals surface area contributed by atoms with Gasteiger partial charge in [0.2, 0.25) is 11.6 Å². The Kier molecular flexibility index (Phi) is 10.9. The molecule has 6 aromatic carbocycles. The molecule has 0 aliphatic carbocycles. The van der Waals surface area contributed by atoms with Crippen LogP contribution in [-0.4, -0.2) is 23.1 Å². The van der Waals surface area contributed by atoms with E-state index in [1.54, 1.807) is 72.8 Å². The van der Waals surface area contributed by atoms with Crippen molar-refractivity contribution in [2.24, 2.45) is 0 Å². The number of hydrogen-bond acceptors (Lipinski definition) is 6. The Morgan fingerprint density at radius 1 is 0.360 bits per heavy atom. The SMILES string of the molecule is O=C(Cc1ccc(Br)cc1)c1ccc(Oc2ccc(C(=O)C(=O)c3ccc(Oc4ccc(C(=O)Cc5ccc(Br)cc5)cc4)cc3)cc2)cc1. The maximum Gasteiger partial charge on any atom is 0.233 e. The molecule has 6 rings (SSSR count). The first-order chi connectivity index (χ1) is 24.2. The van der Waals surface area contributed by atoms with Gasteiger partial charge in [-0.2, -0.15) is 0 Å². The maximum atomic E-state index is 13.0. The van der Waals surface area contributed by atoms with Gasteiger partial charge in [-0.05, 0) is 132 Å². The lowest BCUT2D eigenvalue weighted by Crippen LogP contribution is -2.14. The van der Waals surface area contributed by atoms with Gasteiger partial charge < -0.3 is 9.47 Å². The molecule has 0 saturated carbocycles. The summed E-state index contributed by atoms with van der Waals surface area (Å²) in [5.41, 5.74) is 3.47. The molecule has 0 atom stereocenters. The zero-order valence-electron chi connectivity index (χ0n) is 26.5. The number of carbonyl (C=O) groups is 4. The summed E-state index contributed by atoms with van der Waals surface area (Å²) in [4.78, 5) is 51.3. The summed E-state index contributed by atoms with van der Waals surface area (Å²) in [7, 11) is 0. The van der Waals surface area contributed by atoms with Crippen molar-refractivity contribution in [1.29, 1.82) is 0 Å². The van der Waals surface area contributed by atoms with E-state index >= 15 is 0 Å². The van der Waals surface area contributed by atoms with Crippen molar-refractivity contribution in [3.63, 3.8) is 0 Å². The second-order valence-corrected chi connectivity index (χ2v) is 13.2. The zero-order chi connectivity index (χ0) is 35.0. The van der Waals surface area contributed by atoms with Crippen LogP contribution in [0.15, 0.2) is 155 Å². The minimum atomic E-state index is -0.651. The number of ether oxygens (including phenoxy) is 2. The molecule has 8 heteroatoms. The van der Waals surface area contributed by atoms with Crippen LogP contribution in [0.5, 0.6) is 23.0 Å². The highest BCUT2D eigenvalue weighted by Crippen LogP contribution is 2.26. The normalized spacial score (nSPS) is 10.7. The second kappa shape index (κ2) is 15.8. The Hall–Kier alpha value is -5.44. The van der Waals surface area contributed by atoms with Gasteiger partial charge in [0.15, 0.2) is 11.6 Å². The number of hydrogen-bond donors (Lipinski definition) is 0. The fourth-order valence-corrected chi connectivity index (χ4v) is 5.61. The predicted octanol–water partition coefficient (Wildman–Crippen LogP) is 10.7. The number of rotatable bonds is 13. The summed E-state index contributed by atoms with van der Waals surface area (Å²) in [6.45, 7) is 0. The van der Waals surface area contributed by atoms with Crippen molar-refractivity contribution in [3.8, 4) is 23.0 Å². The van der Waals surface area contributed by atoms with Crippen molar-refractivity contribution in [1.82, 2.24) is 0 Å². The van der Waals surface area contributed by atoms with Crippen molar-refractivity contribution in [2.45, 2.75) is 12.8 Å². The van der Waals surface area contributed by atoms with E-state index < -0.39 is 11.6 Å². The Morgan fingerprint density at radius 2 is 0.620 bits per heavy atom. The highest BCUT2D eigenvalue weighted by Gasteiger charge is 2.19. The molecule has 6 nitrogen and oxygen atoms in total. The Labute approximate surface area is 306 Å². The van der Waals surface area contributed by atoms with E-state index in [0.29, 0.717) is 47.0 Å². The van der Waals surface area contributed by atoms with Gasteiger partial charge in [-0.3, -0.25) is 19.2 Å². The van der Waals surface area contributed by atoms with Crippen molar-refractivity contribution in [2.75, 3.05) is 0 Å². The lowest BCUT2D eigenvalue weighted by Gasteiger charge is -2.09. The summed E-state index contributed by atoms with van der Waals surface area (Å²) < 4.78 is 13.7. The average Bonchev–Trinajstić information content (AvgIpc) is 3.14. The number of halogens is 2. The van der Waals surface area contributed by atoms with Crippen molar-refractivity contribution < 1.29 is 28.7 Å². The fourth-order valence-electron chi connectivity index (χ4n) is 5.08. The molecule has 0 amide bonds. The van der Waals surface area contributed by atoms with E-state index in [1.165, 1.54) is 24.3 Å². The summed E-state index contributed by atoms with van der Waals surface area (Å²) in [6.07, 6.45) is 0.598. The molecule has 0 spiro atoms. The second-order valence-electron chi connectivity index (χ2n) is 11.4. The largest absolute Gasteiger partial charge is 0.457 e. The number of Topliss-reactive ketones (excluding diaryl/α,β-unsaturated/α-hetero) is 4. The average molecular weight is 788 g/mol. The monoisotopic (exact) mass is 786 g/mol. The molecule has 0 fully saturated rings. The van der Waals surface area contributed by atoms with Gasteiger partial charge in [0.1, 0.15) is 23.0 Å². The van der Waals surface area contributed by atoms with Crippen molar-refractivity contribution in [3.05, 3.63) is 188 Å². The van der Waals surface area contributed by atoms with Crippen LogP contribution >= 0.6 is 31.9 Å². The molecule has 6 aromatic rings. The van der Waals surface area contributed by atoms with E-state index in [2.05, 4.69) is 31.9 Å². The number of carbonyl (C=O) groups excluding carboxylic acids is 4. The smallest absolute Gasteiger partial charge is 0.233 e. The predicted molar refractivity (Wildman–Crippen MR) is 199 cm³/mol. The Balaban J connectivity index is 1.00. The molecule has 50 heavy (non-hydrogen) atoms. The molecule has 0 aliphatic rings. The van der Waals surface area contributed by atoms with Crippen LogP contribution in [0.2, 0.25) is 0 Å². The molecule has 0 bridgehead atoms. The van der Waals surface area contributed by atoms with E-state index in [-0.39, 0.29) is 22.7 Å². The first-order valence-corrected chi connectivity index (χ1v) is 17.2. The van der Waals surface area contributed by atoms with Gasteiger partial charge in [0, 0.05) is 44.0 Å². The van der Waals surface area contributed by atoms with Crippen LogP contribution in [0.3, 0.4) is 0 Å². The summed E-state index contributed by atoms with van der Waals surface area (Å²) >= 11 is 6.80. The first-order valence-electron chi connectivity index (χ1n) is 15.6. The summed E-state index contributed by atoms with van der Waals surface area (Å²) in [5, 5.41) is 0. The third kappa shape index (κ3) is 8.96. The third-order valence-electron chi connectivity index (χ3n) is 7.82. The molecule has 0 aromatic heterocycles. The highest BCUT2D eigenvalue weighted by atomic mass is 79.9. The molecule has 0 N–H and O–H groups in total. The minimum absolute atomic E-state index is 0.00123. The van der Waals surface area contributed by atoms with Crippen LogP contribution in [0.4, 0.5) is 0 Å². The number of ketones is 4. The maximum absolute atomic E-state index is 13.0. The van der Waals surface area contributed by atoms with Crippen LogP contribution in [0, 0.1) is 0 Å². The molecular formula is C42H28Br2O6. The first kappa shape index (κ1) is 34.4. The highest BCUT2D eigenvalue weighted by molar-refractivity contribution is 9.10. The quantitative estimate of drug-likeness (QED) is 0.0856. The third-order valence-corrected chi connectivity index (χ3v) is 8.88. The van der Waals surface area contributed by atoms with Crippen LogP contribution in [-0.2, 0) is 12.8 Å². The van der Waals surface area contributed by atoms with Gasteiger partial charge in [0.25, 0.3) is 0 Å². The van der Waals surface area contributed by atoms with E-state index in [4.69, 9.17) is 9.47 Å². The zero-order valence-corrected chi connectivity index (χ0v) is 29.6. The lowest BCUT2D eigenvalue weighted by molar-refractivity contribution is 0.0817. The lowest BCUT2D eigenvalue weighted by atomic mass is 10.0.